The van der Waals surface area contributed by atoms with Crippen LogP contribution in [0.4, 0.5) is 18.9 Å². The largest absolute Gasteiger partial charge is 0.418 e. The first-order valence-electron chi connectivity index (χ1n) is 7.11. The lowest BCUT2D eigenvalue weighted by molar-refractivity contribution is -0.215. The van der Waals surface area contributed by atoms with E-state index in [0.29, 0.717) is 13.1 Å². The van der Waals surface area contributed by atoms with Crippen LogP contribution in [0.3, 0.4) is 0 Å². The Hall–Kier alpha value is -1.32. The topological polar surface area (TPSA) is 58.6 Å². The van der Waals surface area contributed by atoms with E-state index in [2.05, 4.69) is 9.46 Å². The molecule has 5 nitrogen and oxygen atoms in total. The molecule has 2 atom stereocenters. The highest BCUT2D eigenvalue weighted by Crippen LogP contribution is 2.36. The zero-order valence-corrected chi connectivity index (χ0v) is 13.6. The minimum Gasteiger partial charge on any atom is -0.367 e. The Balaban J connectivity index is 2.20. The number of alkyl halides is 3. The van der Waals surface area contributed by atoms with Crippen molar-refractivity contribution in [2.24, 2.45) is 5.92 Å². The van der Waals surface area contributed by atoms with Crippen LogP contribution in [-0.4, -0.2) is 39.1 Å². The van der Waals surface area contributed by atoms with Gasteiger partial charge in [-0.15, -0.1) is 0 Å². The molecule has 1 N–H and O–H groups in total. The molecule has 130 valence electrons. The average Bonchev–Trinajstić information content (AvgIpc) is 2.85. The highest BCUT2D eigenvalue weighted by Gasteiger charge is 2.41. The van der Waals surface area contributed by atoms with Gasteiger partial charge in [0.05, 0.1) is 5.69 Å². The number of benzene rings is 1. The van der Waals surface area contributed by atoms with Gasteiger partial charge in [-0.05, 0) is 30.0 Å². The number of halogens is 3. The summed E-state index contributed by atoms with van der Waals surface area (Å²) < 4.78 is 71.3. The van der Waals surface area contributed by atoms with Gasteiger partial charge in [0.1, 0.15) is 0 Å². The zero-order valence-electron chi connectivity index (χ0n) is 12.8. The van der Waals surface area contributed by atoms with Crippen LogP contribution in [-0.2, 0) is 14.9 Å². The number of methoxy groups -OCH3 is 1. The van der Waals surface area contributed by atoms with Gasteiger partial charge in [-0.1, -0.05) is 19.1 Å². The van der Waals surface area contributed by atoms with E-state index in [4.69, 9.17) is 0 Å². The molecule has 0 amide bonds. The predicted molar refractivity (Wildman–Crippen MR) is 80.1 cm³/mol. The SMILES string of the molecule is COC(c1cccc(NS(=O)(=O)N2CCC(C)C2)c1)C(F)(F)F. The van der Waals surface area contributed by atoms with Gasteiger partial charge >= 0.3 is 16.4 Å². The number of ether oxygens (including phenoxy) is 1. The smallest absolute Gasteiger partial charge is 0.367 e. The van der Waals surface area contributed by atoms with Crippen molar-refractivity contribution in [3.05, 3.63) is 29.8 Å². The standard InChI is InChI=1S/C14H19F3N2O3S/c1-10-6-7-19(9-10)23(20,21)18-12-5-3-4-11(8-12)13(22-2)14(15,16)17/h3-5,8,10,13,18H,6-7,9H2,1-2H3. The van der Waals surface area contributed by atoms with Gasteiger partial charge in [-0.3, -0.25) is 4.72 Å². The molecule has 2 rings (SSSR count). The molecule has 1 aromatic rings. The van der Waals surface area contributed by atoms with E-state index in [9.17, 15) is 21.6 Å². The van der Waals surface area contributed by atoms with Crippen molar-refractivity contribution in [2.45, 2.75) is 25.6 Å². The Morgan fingerprint density at radius 1 is 1.39 bits per heavy atom. The monoisotopic (exact) mass is 352 g/mol. The Morgan fingerprint density at radius 3 is 2.61 bits per heavy atom. The molecular formula is C14H19F3N2O3S. The maximum Gasteiger partial charge on any atom is 0.418 e. The first-order valence-corrected chi connectivity index (χ1v) is 8.55. The van der Waals surface area contributed by atoms with E-state index < -0.39 is 22.5 Å². The summed E-state index contributed by atoms with van der Waals surface area (Å²) in [7, 11) is -2.81. The Labute approximate surface area is 133 Å². The Morgan fingerprint density at radius 2 is 2.09 bits per heavy atom. The van der Waals surface area contributed by atoms with Gasteiger partial charge in [0, 0.05) is 20.2 Å². The number of nitrogens with one attached hydrogen (secondary N) is 1. The van der Waals surface area contributed by atoms with Crippen molar-refractivity contribution < 1.29 is 26.3 Å². The first-order chi connectivity index (χ1) is 10.6. The second-order valence-electron chi connectivity index (χ2n) is 5.64. The van der Waals surface area contributed by atoms with Crippen LogP contribution in [0.15, 0.2) is 24.3 Å². The van der Waals surface area contributed by atoms with Crippen molar-refractivity contribution in [3.8, 4) is 0 Å². The van der Waals surface area contributed by atoms with Gasteiger partial charge < -0.3 is 4.74 Å². The molecule has 1 aliphatic rings. The second-order valence-corrected chi connectivity index (χ2v) is 7.31. The fourth-order valence-electron chi connectivity index (χ4n) is 2.55. The highest BCUT2D eigenvalue weighted by molar-refractivity contribution is 7.90. The molecule has 0 radical (unpaired) electrons. The van der Waals surface area contributed by atoms with E-state index in [1.165, 1.54) is 22.5 Å². The quantitative estimate of drug-likeness (QED) is 0.886. The van der Waals surface area contributed by atoms with Gasteiger partial charge in [0.15, 0.2) is 6.10 Å². The molecule has 9 heteroatoms. The fourth-order valence-corrected chi connectivity index (χ4v) is 3.90. The third kappa shape index (κ3) is 4.36. The highest BCUT2D eigenvalue weighted by atomic mass is 32.2. The van der Waals surface area contributed by atoms with Crippen molar-refractivity contribution >= 4 is 15.9 Å². The molecular weight excluding hydrogens is 333 g/mol. The summed E-state index contributed by atoms with van der Waals surface area (Å²) >= 11 is 0. The fraction of sp³-hybridized carbons (Fsp3) is 0.571. The molecule has 1 aromatic carbocycles. The molecule has 0 aromatic heterocycles. The zero-order chi connectivity index (χ0) is 17.3. The molecule has 23 heavy (non-hydrogen) atoms. The van der Waals surface area contributed by atoms with Crippen LogP contribution in [0, 0.1) is 5.92 Å². The van der Waals surface area contributed by atoms with Gasteiger partial charge in [-0.2, -0.15) is 25.9 Å². The normalized spacial score (nSPS) is 21.3. The molecule has 1 saturated heterocycles. The average molecular weight is 352 g/mol. The Kier molecular flexibility index (Phi) is 5.22. The molecule has 2 unspecified atom stereocenters. The number of rotatable bonds is 5. The van der Waals surface area contributed by atoms with Crippen LogP contribution in [0.25, 0.3) is 0 Å². The van der Waals surface area contributed by atoms with Crippen LogP contribution in [0.1, 0.15) is 25.0 Å². The Bertz CT molecular complexity index is 649. The minimum atomic E-state index is -4.57. The van der Waals surface area contributed by atoms with E-state index in [0.717, 1.165) is 19.6 Å². The summed E-state index contributed by atoms with van der Waals surface area (Å²) in [4.78, 5) is 0. The molecule has 1 heterocycles. The van der Waals surface area contributed by atoms with Crippen LogP contribution >= 0.6 is 0 Å². The molecule has 0 bridgehead atoms. The van der Waals surface area contributed by atoms with Gasteiger partial charge in [0.2, 0.25) is 0 Å². The maximum absolute atomic E-state index is 12.9. The summed E-state index contributed by atoms with van der Waals surface area (Å²) in [5, 5.41) is 0. The van der Waals surface area contributed by atoms with E-state index in [1.807, 2.05) is 6.92 Å². The van der Waals surface area contributed by atoms with Crippen molar-refractivity contribution in [1.82, 2.24) is 4.31 Å². The second kappa shape index (κ2) is 6.66. The molecule has 0 spiro atoms. The third-order valence-corrected chi connectivity index (χ3v) is 5.20. The van der Waals surface area contributed by atoms with Crippen molar-refractivity contribution in [3.63, 3.8) is 0 Å². The number of hydrogen-bond acceptors (Lipinski definition) is 3. The maximum atomic E-state index is 12.9. The first kappa shape index (κ1) is 18.0. The summed E-state index contributed by atoms with van der Waals surface area (Å²) in [6.45, 7) is 2.75. The number of anilines is 1. The summed E-state index contributed by atoms with van der Waals surface area (Å²) in [5.74, 6) is 0.265. The lowest BCUT2D eigenvalue weighted by Crippen LogP contribution is -2.34. The lowest BCUT2D eigenvalue weighted by atomic mass is 10.1. The third-order valence-electron chi connectivity index (χ3n) is 3.70. The molecule has 1 aliphatic heterocycles. The number of nitrogens with zero attached hydrogens (tertiary/aromatic N) is 1. The predicted octanol–water partition coefficient (Wildman–Crippen LogP) is 2.93. The van der Waals surface area contributed by atoms with Crippen molar-refractivity contribution in [1.29, 1.82) is 0 Å². The summed E-state index contributed by atoms with van der Waals surface area (Å²) in [6, 6.07) is 5.15. The van der Waals surface area contributed by atoms with E-state index in [-0.39, 0.29) is 17.2 Å². The van der Waals surface area contributed by atoms with Crippen LogP contribution in [0.5, 0.6) is 0 Å². The van der Waals surface area contributed by atoms with E-state index in [1.54, 1.807) is 0 Å². The molecule has 1 fully saturated rings. The van der Waals surface area contributed by atoms with Crippen molar-refractivity contribution in [2.75, 3.05) is 24.9 Å². The lowest BCUT2D eigenvalue weighted by Gasteiger charge is -2.21. The molecule has 0 aliphatic carbocycles. The molecule has 0 saturated carbocycles. The van der Waals surface area contributed by atoms with Gasteiger partial charge in [-0.25, -0.2) is 0 Å². The van der Waals surface area contributed by atoms with E-state index >= 15 is 0 Å². The number of hydrogen-bond donors (Lipinski definition) is 1. The van der Waals surface area contributed by atoms with Crippen LogP contribution in [0.2, 0.25) is 0 Å². The summed E-state index contributed by atoms with van der Waals surface area (Å²) in [5.41, 5.74) is -0.0802. The minimum absolute atomic E-state index is 0.0772. The van der Waals surface area contributed by atoms with Crippen LogP contribution < -0.4 is 4.72 Å². The summed E-state index contributed by atoms with van der Waals surface area (Å²) in [6.07, 6.45) is -5.91. The van der Waals surface area contributed by atoms with Gasteiger partial charge in [0.25, 0.3) is 0 Å².